The molecule has 0 bridgehead atoms. The second-order valence-electron chi connectivity index (χ2n) is 8.54. The van der Waals surface area contributed by atoms with Crippen LogP contribution in [0.2, 0.25) is 0 Å². The molecule has 1 N–H and O–H groups in total. The molecule has 0 saturated carbocycles. The van der Waals surface area contributed by atoms with E-state index < -0.39 is 0 Å². The Bertz CT molecular complexity index is 1330. The zero-order chi connectivity index (χ0) is 24.2. The molecule has 4 aromatic rings. The van der Waals surface area contributed by atoms with E-state index in [1.54, 1.807) is 48.9 Å². The summed E-state index contributed by atoms with van der Waals surface area (Å²) in [5.74, 6) is 2.37. The first-order valence-electron chi connectivity index (χ1n) is 11.6. The van der Waals surface area contributed by atoms with Crippen molar-refractivity contribution in [2.75, 3.05) is 23.3 Å². The summed E-state index contributed by atoms with van der Waals surface area (Å²) in [7, 11) is 0. The van der Waals surface area contributed by atoms with Gasteiger partial charge in [0.25, 0.3) is 5.91 Å². The normalized spacial score (nSPS) is 13.3. The lowest BCUT2D eigenvalue weighted by molar-refractivity contribution is 0.102. The highest BCUT2D eigenvalue weighted by Crippen LogP contribution is 2.24. The average Bonchev–Trinajstić information content (AvgIpc) is 3.57. The SMILES string of the molecule is CC(C)n1cnnc1-c1cccc(NC(=O)c2cccc(Oc3ccnc(N4CCCC4)n3)c2)n1. The fraction of sp³-hybridized carbons (Fsp3) is 0.280. The molecule has 1 saturated heterocycles. The van der Waals surface area contributed by atoms with E-state index in [0.717, 1.165) is 25.9 Å². The highest BCUT2D eigenvalue weighted by atomic mass is 16.5. The first-order chi connectivity index (χ1) is 17.1. The number of amides is 1. The second kappa shape index (κ2) is 9.88. The summed E-state index contributed by atoms with van der Waals surface area (Å²) < 4.78 is 7.86. The van der Waals surface area contributed by atoms with Gasteiger partial charge in [-0.3, -0.25) is 4.79 Å². The minimum Gasteiger partial charge on any atom is -0.439 e. The van der Waals surface area contributed by atoms with Crippen LogP contribution in [-0.2, 0) is 0 Å². The molecule has 4 heterocycles. The summed E-state index contributed by atoms with van der Waals surface area (Å²) in [6.45, 7) is 5.99. The molecule has 1 aliphatic rings. The van der Waals surface area contributed by atoms with Crippen LogP contribution in [0.4, 0.5) is 11.8 Å². The van der Waals surface area contributed by atoms with Crippen molar-refractivity contribution in [2.24, 2.45) is 0 Å². The molecule has 0 unspecified atom stereocenters. The van der Waals surface area contributed by atoms with Crippen molar-refractivity contribution in [1.29, 1.82) is 0 Å². The molecular formula is C25H26N8O2. The molecule has 3 aromatic heterocycles. The molecule has 10 heteroatoms. The van der Waals surface area contributed by atoms with Crippen molar-refractivity contribution in [2.45, 2.75) is 32.7 Å². The molecule has 35 heavy (non-hydrogen) atoms. The molecule has 1 fully saturated rings. The fourth-order valence-electron chi connectivity index (χ4n) is 3.90. The largest absolute Gasteiger partial charge is 0.439 e. The number of rotatable bonds is 7. The summed E-state index contributed by atoms with van der Waals surface area (Å²) in [5.41, 5.74) is 1.07. The number of pyridine rings is 1. The van der Waals surface area contributed by atoms with Crippen molar-refractivity contribution in [3.8, 4) is 23.1 Å². The van der Waals surface area contributed by atoms with Crippen molar-refractivity contribution in [3.05, 3.63) is 66.6 Å². The summed E-state index contributed by atoms with van der Waals surface area (Å²) in [6, 6.07) is 14.2. The topological polar surface area (TPSA) is 111 Å². The van der Waals surface area contributed by atoms with Crippen LogP contribution in [0.3, 0.4) is 0 Å². The molecule has 0 radical (unpaired) electrons. The van der Waals surface area contributed by atoms with Gasteiger partial charge in [0.15, 0.2) is 5.82 Å². The van der Waals surface area contributed by atoms with E-state index in [0.29, 0.717) is 40.5 Å². The van der Waals surface area contributed by atoms with Gasteiger partial charge in [0, 0.05) is 37.0 Å². The third-order valence-corrected chi connectivity index (χ3v) is 5.67. The van der Waals surface area contributed by atoms with Crippen LogP contribution in [0.1, 0.15) is 43.1 Å². The highest BCUT2D eigenvalue weighted by molar-refractivity contribution is 6.04. The average molecular weight is 471 g/mol. The van der Waals surface area contributed by atoms with Gasteiger partial charge in [0.05, 0.1) is 0 Å². The number of nitrogens with one attached hydrogen (secondary N) is 1. The summed E-state index contributed by atoms with van der Waals surface area (Å²) >= 11 is 0. The van der Waals surface area contributed by atoms with E-state index in [2.05, 4.69) is 35.4 Å². The lowest BCUT2D eigenvalue weighted by atomic mass is 10.2. The van der Waals surface area contributed by atoms with Crippen LogP contribution in [-0.4, -0.2) is 48.7 Å². The molecule has 5 rings (SSSR count). The van der Waals surface area contributed by atoms with E-state index in [9.17, 15) is 4.79 Å². The molecule has 0 spiro atoms. The van der Waals surface area contributed by atoms with Gasteiger partial charge in [0.1, 0.15) is 23.6 Å². The number of ether oxygens (including phenoxy) is 1. The monoisotopic (exact) mass is 470 g/mol. The Kier molecular flexibility index (Phi) is 6.34. The molecule has 0 aliphatic carbocycles. The number of anilines is 2. The van der Waals surface area contributed by atoms with Crippen molar-refractivity contribution >= 4 is 17.7 Å². The van der Waals surface area contributed by atoms with Gasteiger partial charge >= 0.3 is 0 Å². The van der Waals surface area contributed by atoms with Crippen LogP contribution < -0.4 is 15.0 Å². The lowest BCUT2D eigenvalue weighted by Gasteiger charge is -2.15. The Hall–Kier alpha value is -4.34. The van der Waals surface area contributed by atoms with Crippen molar-refractivity contribution in [1.82, 2.24) is 29.7 Å². The van der Waals surface area contributed by atoms with E-state index >= 15 is 0 Å². The number of carbonyl (C=O) groups is 1. The maximum absolute atomic E-state index is 12.9. The third-order valence-electron chi connectivity index (χ3n) is 5.67. The van der Waals surface area contributed by atoms with E-state index in [-0.39, 0.29) is 11.9 Å². The van der Waals surface area contributed by atoms with Crippen LogP contribution in [0.5, 0.6) is 11.6 Å². The third kappa shape index (κ3) is 5.11. The summed E-state index contributed by atoms with van der Waals surface area (Å²) in [5, 5.41) is 11.0. The standard InChI is InChI=1S/C25H26N8O2/c1-17(2)33-16-27-31-23(33)20-9-6-10-21(28-20)29-24(34)18-7-5-8-19(15-18)35-22-11-12-26-25(30-22)32-13-3-4-14-32/h5-12,15-17H,3-4,13-14H2,1-2H3,(H,28,29,34). The Morgan fingerprint density at radius 2 is 1.89 bits per heavy atom. The molecular weight excluding hydrogens is 444 g/mol. The molecule has 1 amide bonds. The van der Waals surface area contributed by atoms with Gasteiger partial charge < -0.3 is 19.5 Å². The van der Waals surface area contributed by atoms with Gasteiger partial charge in [-0.1, -0.05) is 12.1 Å². The Morgan fingerprint density at radius 3 is 2.71 bits per heavy atom. The van der Waals surface area contributed by atoms with Crippen LogP contribution in [0.25, 0.3) is 11.5 Å². The number of carbonyl (C=O) groups excluding carboxylic acids is 1. The molecule has 1 aliphatic heterocycles. The van der Waals surface area contributed by atoms with Crippen LogP contribution >= 0.6 is 0 Å². The predicted molar refractivity (Wildman–Crippen MR) is 132 cm³/mol. The quantitative estimate of drug-likeness (QED) is 0.424. The maximum atomic E-state index is 12.9. The number of nitrogens with zero attached hydrogens (tertiary/aromatic N) is 7. The maximum Gasteiger partial charge on any atom is 0.256 e. The van der Waals surface area contributed by atoms with Crippen molar-refractivity contribution in [3.63, 3.8) is 0 Å². The van der Waals surface area contributed by atoms with Gasteiger partial charge in [-0.05, 0) is 57.0 Å². The minimum atomic E-state index is -0.300. The summed E-state index contributed by atoms with van der Waals surface area (Å²) in [4.78, 5) is 28.5. The van der Waals surface area contributed by atoms with E-state index in [4.69, 9.17) is 4.74 Å². The van der Waals surface area contributed by atoms with Gasteiger partial charge in [0.2, 0.25) is 11.8 Å². The molecule has 1 aromatic carbocycles. The Morgan fingerprint density at radius 1 is 1.06 bits per heavy atom. The van der Waals surface area contributed by atoms with Crippen LogP contribution in [0.15, 0.2) is 61.1 Å². The second-order valence-corrected chi connectivity index (χ2v) is 8.54. The molecule has 0 atom stereocenters. The Labute approximate surface area is 203 Å². The van der Waals surface area contributed by atoms with Gasteiger partial charge in [-0.25, -0.2) is 9.97 Å². The minimum absolute atomic E-state index is 0.184. The van der Waals surface area contributed by atoms with E-state index in [1.165, 1.54) is 0 Å². The van der Waals surface area contributed by atoms with Crippen molar-refractivity contribution < 1.29 is 9.53 Å². The number of aromatic nitrogens is 6. The zero-order valence-electron chi connectivity index (χ0n) is 19.6. The Balaban J connectivity index is 1.30. The highest BCUT2D eigenvalue weighted by Gasteiger charge is 2.16. The smallest absolute Gasteiger partial charge is 0.256 e. The van der Waals surface area contributed by atoms with Gasteiger partial charge in [-0.15, -0.1) is 10.2 Å². The number of benzene rings is 1. The predicted octanol–water partition coefficient (Wildman–Crippen LogP) is 4.36. The first kappa shape index (κ1) is 22.5. The molecule has 10 nitrogen and oxygen atoms in total. The molecule has 178 valence electrons. The van der Waals surface area contributed by atoms with E-state index in [1.807, 2.05) is 30.5 Å². The lowest BCUT2D eigenvalue weighted by Crippen LogP contribution is -2.20. The first-order valence-corrected chi connectivity index (χ1v) is 11.6. The summed E-state index contributed by atoms with van der Waals surface area (Å²) in [6.07, 6.45) is 5.64. The van der Waals surface area contributed by atoms with Crippen LogP contribution in [0, 0.1) is 0 Å². The number of hydrogen-bond donors (Lipinski definition) is 1. The zero-order valence-corrected chi connectivity index (χ0v) is 19.6. The number of hydrogen-bond acceptors (Lipinski definition) is 8. The fourth-order valence-corrected chi connectivity index (χ4v) is 3.90. The van der Waals surface area contributed by atoms with Gasteiger partial charge in [-0.2, -0.15) is 4.98 Å².